The Kier molecular flexibility index (Phi) is 8.02. The van der Waals surface area contributed by atoms with Crippen molar-refractivity contribution >= 4 is 18.0 Å². The Morgan fingerprint density at radius 3 is 2.26 bits per heavy atom. The number of aliphatic carboxylic acids is 1. The molecule has 4 rings (SSSR count). The quantitative estimate of drug-likeness (QED) is 0.423. The molecular weight excluding hydrogens is 448 g/mol. The van der Waals surface area contributed by atoms with E-state index in [2.05, 4.69) is 34.9 Å². The number of fused-ring (bicyclic) bond motifs is 3. The van der Waals surface area contributed by atoms with Crippen molar-refractivity contribution in [1.82, 2.24) is 10.6 Å². The average molecular weight is 481 g/mol. The maximum absolute atomic E-state index is 12.9. The number of carbonyl (C=O) groups excluding carboxylic acids is 2. The number of carbonyl (C=O) groups is 3. The monoisotopic (exact) mass is 480 g/mol. The van der Waals surface area contributed by atoms with Crippen molar-refractivity contribution in [2.75, 3.05) is 20.3 Å². The highest BCUT2D eigenvalue weighted by Crippen LogP contribution is 2.44. The van der Waals surface area contributed by atoms with Gasteiger partial charge in [-0.05, 0) is 53.9 Å². The summed E-state index contributed by atoms with van der Waals surface area (Å²) >= 11 is 0. The standard InChI is InChI=1S/C27H32N2O6/c1-34-12-6-11-24(26(32)28-18-13-17(14-18)15-25(30)31)29-27(33)35-16-23-21-9-4-2-7-19(21)20-8-3-5-10-22(20)23/h2-5,7-10,17-18,23-24H,6,11-16H2,1H3,(H,28,32)(H,29,33)(H,30,31). The van der Waals surface area contributed by atoms with Crippen molar-refractivity contribution in [2.24, 2.45) is 5.92 Å². The first kappa shape index (κ1) is 24.7. The van der Waals surface area contributed by atoms with Gasteiger partial charge in [0, 0.05) is 32.1 Å². The molecule has 1 atom stereocenters. The molecule has 0 heterocycles. The van der Waals surface area contributed by atoms with Crippen LogP contribution in [0.2, 0.25) is 0 Å². The molecule has 0 radical (unpaired) electrons. The molecule has 3 N–H and O–H groups in total. The van der Waals surface area contributed by atoms with E-state index < -0.39 is 18.1 Å². The third-order valence-electron chi connectivity index (χ3n) is 6.84. The molecule has 8 nitrogen and oxygen atoms in total. The topological polar surface area (TPSA) is 114 Å². The van der Waals surface area contributed by atoms with E-state index in [1.165, 1.54) is 0 Å². The molecule has 0 aromatic heterocycles. The average Bonchev–Trinajstić information content (AvgIpc) is 3.14. The number of carboxylic acid groups (broad SMARTS) is 1. The van der Waals surface area contributed by atoms with Crippen molar-refractivity contribution in [3.63, 3.8) is 0 Å². The van der Waals surface area contributed by atoms with Gasteiger partial charge in [0.2, 0.25) is 5.91 Å². The summed E-state index contributed by atoms with van der Waals surface area (Å²) in [7, 11) is 1.59. The van der Waals surface area contributed by atoms with E-state index in [1.54, 1.807) is 7.11 Å². The number of hydrogen-bond acceptors (Lipinski definition) is 5. The van der Waals surface area contributed by atoms with Crippen LogP contribution >= 0.6 is 0 Å². The molecule has 2 amide bonds. The van der Waals surface area contributed by atoms with Crippen LogP contribution in [0.15, 0.2) is 48.5 Å². The predicted molar refractivity (Wildman–Crippen MR) is 130 cm³/mol. The van der Waals surface area contributed by atoms with Gasteiger partial charge >= 0.3 is 12.1 Å². The van der Waals surface area contributed by atoms with Gasteiger partial charge in [-0.15, -0.1) is 0 Å². The third kappa shape index (κ3) is 6.00. The van der Waals surface area contributed by atoms with Gasteiger partial charge in [0.15, 0.2) is 0 Å². The van der Waals surface area contributed by atoms with Gasteiger partial charge in [-0.25, -0.2) is 4.79 Å². The Morgan fingerprint density at radius 1 is 1.03 bits per heavy atom. The Labute approximate surface area is 205 Å². The molecule has 0 bridgehead atoms. The molecule has 2 aliphatic carbocycles. The number of alkyl carbamates (subject to hydrolysis) is 1. The van der Waals surface area contributed by atoms with Crippen LogP contribution in [0.5, 0.6) is 0 Å². The minimum Gasteiger partial charge on any atom is -0.481 e. The highest BCUT2D eigenvalue weighted by Gasteiger charge is 2.34. The molecule has 2 aliphatic rings. The lowest BCUT2D eigenvalue weighted by molar-refractivity contribution is -0.139. The van der Waals surface area contributed by atoms with E-state index in [0.717, 1.165) is 22.3 Å². The Balaban J connectivity index is 1.33. The maximum atomic E-state index is 12.9. The van der Waals surface area contributed by atoms with Gasteiger partial charge in [-0.3, -0.25) is 9.59 Å². The van der Waals surface area contributed by atoms with Crippen LogP contribution in [0.1, 0.15) is 49.1 Å². The summed E-state index contributed by atoms with van der Waals surface area (Å²) in [5.74, 6) is -1.09. The number of benzene rings is 2. The molecule has 0 aliphatic heterocycles. The molecule has 1 saturated carbocycles. The van der Waals surface area contributed by atoms with Gasteiger partial charge < -0.3 is 25.2 Å². The fraction of sp³-hybridized carbons (Fsp3) is 0.444. The predicted octanol–water partition coefficient (Wildman–Crippen LogP) is 3.69. The molecule has 1 unspecified atom stereocenters. The SMILES string of the molecule is COCCCC(NC(=O)OCC1c2ccccc2-c2ccccc21)C(=O)NC1CC(CC(=O)O)C1. The number of rotatable bonds is 11. The molecule has 35 heavy (non-hydrogen) atoms. The zero-order valence-electron chi connectivity index (χ0n) is 19.9. The number of methoxy groups -OCH3 is 1. The molecule has 8 heteroatoms. The maximum Gasteiger partial charge on any atom is 0.407 e. The second kappa shape index (κ2) is 11.4. The van der Waals surface area contributed by atoms with E-state index in [-0.39, 0.29) is 36.8 Å². The fourth-order valence-corrected chi connectivity index (χ4v) is 5.05. The van der Waals surface area contributed by atoms with Gasteiger partial charge in [-0.1, -0.05) is 48.5 Å². The Bertz CT molecular complexity index is 1020. The molecule has 2 aromatic rings. The lowest BCUT2D eigenvalue weighted by atomic mass is 9.78. The first-order valence-corrected chi connectivity index (χ1v) is 12.1. The lowest BCUT2D eigenvalue weighted by Gasteiger charge is -2.35. The van der Waals surface area contributed by atoms with Crippen LogP contribution in [0.4, 0.5) is 4.79 Å². The smallest absolute Gasteiger partial charge is 0.407 e. The van der Waals surface area contributed by atoms with Crippen LogP contribution in [-0.2, 0) is 19.1 Å². The van der Waals surface area contributed by atoms with Gasteiger partial charge in [0.05, 0.1) is 0 Å². The van der Waals surface area contributed by atoms with Crippen molar-refractivity contribution in [2.45, 2.75) is 50.1 Å². The minimum absolute atomic E-state index is 0.0601. The first-order chi connectivity index (χ1) is 17.0. The largest absolute Gasteiger partial charge is 0.481 e. The van der Waals surface area contributed by atoms with Gasteiger partial charge in [0.1, 0.15) is 12.6 Å². The number of carboxylic acids is 1. The molecule has 0 spiro atoms. The second-order valence-electron chi connectivity index (χ2n) is 9.30. The summed E-state index contributed by atoms with van der Waals surface area (Å²) in [5.41, 5.74) is 4.54. The molecule has 186 valence electrons. The summed E-state index contributed by atoms with van der Waals surface area (Å²) in [4.78, 5) is 36.4. The number of amides is 2. The molecule has 2 aromatic carbocycles. The van der Waals surface area contributed by atoms with E-state index in [1.807, 2.05) is 24.3 Å². The second-order valence-corrected chi connectivity index (χ2v) is 9.30. The van der Waals surface area contributed by atoms with Crippen LogP contribution in [0.25, 0.3) is 11.1 Å². The Hall–Kier alpha value is -3.39. The van der Waals surface area contributed by atoms with Crippen LogP contribution < -0.4 is 10.6 Å². The van der Waals surface area contributed by atoms with Crippen molar-refractivity contribution < 1.29 is 29.0 Å². The van der Waals surface area contributed by atoms with Crippen molar-refractivity contribution in [3.8, 4) is 11.1 Å². The first-order valence-electron chi connectivity index (χ1n) is 12.1. The van der Waals surface area contributed by atoms with Crippen molar-refractivity contribution in [3.05, 3.63) is 59.7 Å². The van der Waals surface area contributed by atoms with E-state index in [4.69, 9.17) is 14.6 Å². The summed E-state index contributed by atoms with van der Waals surface area (Å²) in [6, 6.07) is 15.4. The normalized spacial score (nSPS) is 19.1. The van der Waals surface area contributed by atoms with Crippen molar-refractivity contribution in [1.29, 1.82) is 0 Å². The van der Waals surface area contributed by atoms with E-state index in [9.17, 15) is 14.4 Å². The lowest BCUT2D eigenvalue weighted by Crippen LogP contribution is -2.53. The summed E-state index contributed by atoms with van der Waals surface area (Å²) < 4.78 is 10.7. The fourth-order valence-electron chi connectivity index (χ4n) is 5.05. The van der Waals surface area contributed by atoms with Crippen LogP contribution in [0, 0.1) is 5.92 Å². The number of nitrogens with one attached hydrogen (secondary N) is 2. The van der Waals surface area contributed by atoms with Gasteiger partial charge in [0.25, 0.3) is 0 Å². The summed E-state index contributed by atoms with van der Waals surface area (Å²) in [6.07, 6.45) is 1.75. The molecule has 0 saturated heterocycles. The third-order valence-corrected chi connectivity index (χ3v) is 6.84. The molecular formula is C27H32N2O6. The highest BCUT2D eigenvalue weighted by molar-refractivity contribution is 5.86. The number of ether oxygens (including phenoxy) is 2. The van der Waals surface area contributed by atoms with Gasteiger partial charge in [-0.2, -0.15) is 0 Å². The zero-order chi connectivity index (χ0) is 24.8. The highest BCUT2D eigenvalue weighted by atomic mass is 16.5. The van der Waals surface area contributed by atoms with Crippen LogP contribution in [-0.4, -0.2) is 55.5 Å². The molecule has 1 fully saturated rings. The zero-order valence-corrected chi connectivity index (χ0v) is 19.9. The Morgan fingerprint density at radius 2 is 1.66 bits per heavy atom. The van der Waals surface area contributed by atoms with Crippen LogP contribution in [0.3, 0.4) is 0 Å². The summed E-state index contributed by atoms with van der Waals surface area (Å²) in [5, 5.41) is 14.6. The van der Waals surface area contributed by atoms with E-state index >= 15 is 0 Å². The van der Waals surface area contributed by atoms with E-state index in [0.29, 0.717) is 32.3 Å². The summed E-state index contributed by atoms with van der Waals surface area (Å²) in [6.45, 7) is 0.645. The minimum atomic E-state index is -0.825. The number of hydrogen-bond donors (Lipinski definition) is 3.